The Labute approximate surface area is 120 Å². The summed E-state index contributed by atoms with van der Waals surface area (Å²) in [5, 5.41) is 8.03. The fourth-order valence-electron chi connectivity index (χ4n) is 2.27. The van der Waals surface area contributed by atoms with Crippen molar-refractivity contribution in [3.63, 3.8) is 0 Å². The zero-order valence-electron chi connectivity index (χ0n) is 11.7. The second-order valence-electron chi connectivity index (χ2n) is 4.92. The van der Waals surface area contributed by atoms with Crippen LogP contribution in [0.3, 0.4) is 0 Å². The molecule has 0 bridgehead atoms. The number of nitrogens with zero attached hydrogens (tertiary/aromatic N) is 4. The van der Waals surface area contributed by atoms with Crippen molar-refractivity contribution >= 4 is 5.65 Å². The van der Waals surface area contributed by atoms with Crippen molar-refractivity contribution in [3.8, 4) is 0 Å². The van der Waals surface area contributed by atoms with Crippen LogP contribution >= 0.6 is 0 Å². The smallest absolute Gasteiger partial charge is 0.296 e. The first-order valence-corrected chi connectivity index (χ1v) is 6.86. The van der Waals surface area contributed by atoms with Crippen molar-refractivity contribution < 1.29 is 4.39 Å². The Morgan fingerprint density at radius 2 is 1.90 bits per heavy atom. The van der Waals surface area contributed by atoms with Gasteiger partial charge in [-0.05, 0) is 24.1 Å². The molecule has 0 aliphatic rings. The largest absolute Gasteiger partial charge is 0.306 e. The molecule has 0 fully saturated rings. The van der Waals surface area contributed by atoms with Crippen LogP contribution in [-0.4, -0.2) is 19.2 Å². The maximum Gasteiger partial charge on any atom is 0.296 e. The highest BCUT2D eigenvalue weighted by molar-refractivity contribution is 5.35. The molecule has 1 aromatic carbocycles. The van der Waals surface area contributed by atoms with Gasteiger partial charge in [-0.15, -0.1) is 10.2 Å². The van der Waals surface area contributed by atoms with Crippen LogP contribution in [-0.2, 0) is 13.0 Å². The van der Waals surface area contributed by atoms with Crippen molar-refractivity contribution in [2.45, 2.75) is 26.3 Å². The molecular weight excluding hydrogens is 271 g/mol. The van der Waals surface area contributed by atoms with Crippen molar-refractivity contribution in [3.05, 3.63) is 64.2 Å². The van der Waals surface area contributed by atoms with Crippen molar-refractivity contribution in [1.82, 2.24) is 19.2 Å². The minimum Gasteiger partial charge on any atom is -0.306 e. The van der Waals surface area contributed by atoms with Gasteiger partial charge in [-0.3, -0.25) is 9.20 Å². The van der Waals surface area contributed by atoms with Gasteiger partial charge in [0.15, 0.2) is 0 Å². The second-order valence-corrected chi connectivity index (χ2v) is 4.92. The Hall–Kier alpha value is -2.50. The lowest BCUT2D eigenvalue weighted by Gasteiger charge is -2.06. The van der Waals surface area contributed by atoms with Crippen LogP contribution in [0.4, 0.5) is 4.39 Å². The lowest BCUT2D eigenvalue weighted by molar-refractivity contribution is 0.626. The van der Waals surface area contributed by atoms with Gasteiger partial charge in [0.25, 0.3) is 5.56 Å². The summed E-state index contributed by atoms with van der Waals surface area (Å²) in [6.07, 6.45) is 5.23. The molecule has 0 unspecified atom stereocenters. The maximum atomic E-state index is 12.9. The average molecular weight is 286 g/mol. The summed E-state index contributed by atoms with van der Waals surface area (Å²) < 4.78 is 16.2. The molecule has 5 nitrogen and oxygen atoms in total. The first-order chi connectivity index (χ1) is 10.2. The summed E-state index contributed by atoms with van der Waals surface area (Å²) in [7, 11) is 0. The molecule has 2 heterocycles. The van der Waals surface area contributed by atoms with E-state index in [-0.39, 0.29) is 11.4 Å². The first-order valence-electron chi connectivity index (χ1n) is 6.86. The fraction of sp³-hybridized carbons (Fsp3) is 0.267. The molecule has 0 saturated carbocycles. The van der Waals surface area contributed by atoms with Gasteiger partial charge in [0.1, 0.15) is 11.6 Å². The van der Waals surface area contributed by atoms with Crippen molar-refractivity contribution in [1.29, 1.82) is 0 Å². The van der Waals surface area contributed by atoms with E-state index >= 15 is 0 Å². The van der Waals surface area contributed by atoms with E-state index in [4.69, 9.17) is 0 Å². The van der Waals surface area contributed by atoms with E-state index in [9.17, 15) is 9.18 Å². The SMILES string of the molecule is CCCc1nnc2c(=O)n(Cc3ccc(F)cc3)ccn12. The second kappa shape index (κ2) is 5.47. The molecule has 108 valence electrons. The number of aryl methyl sites for hydroxylation is 1. The van der Waals surface area contributed by atoms with Gasteiger partial charge in [0, 0.05) is 18.8 Å². The Morgan fingerprint density at radius 3 is 2.62 bits per heavy atom. The van der Waals surface area contributed by atoms with Crippen molar-refractivity contribution in [2.75, 3.05) is 0 Å². The van der Waals surface area contributed by atoms with Crippen LogP contribution in [0.15, 0.2) is 41.5 Å². The standard InChI is InChI=1S/C15H15FN4O/c1-2-3-13-17-18-14-15(21)19(8-9-20(13)14)10-11-4-6-12(16)7-5-11/h4-9H,2-3,10H2,1H3. The zero-order chi connectivity index (χ0) is 14.8. The van der Waals surface area contributed by atoms with Crippen LogP contribution in [0.5, 0.6) is 0 Å². The average Bonchev–Trinajstić information content (AvgIpc) is 2.89. The third-order valence-electron chi connectivity index (χ3n) is 3.35. The highest BCUT2D eigenvalue weighted by Gasteiger charge is 2.10. The van der Waals surface area contributed by atoms with Gasteiger partial charge < -0.3 is 4.57 Å². The van der Waals surface area contributed by atoms with E-state index in [0.717, 1.165) is 24.2 Å². The summed E-state index contributed by atoms with van der Waals surface area (Å²) in [6.45, 7) is 2.43. The molecule has 0 radical (unpaired) electrons. The van der Waals surface area contributed by atoms with E-state index in [1.165, 1.54) is 12.1 Å². The summed E-state index contributed by atoms with van der Waals surface area (Å²) in [5.41, 5.74) is 0.982. The van der Waals surface area contributed by atoms with E-state index in [1.807, 2.05) is 0 Å². The van der Waals surface area contributed by atoms with Gasteiger partial charge in [-0.2, -0.15) is 0 Å². The number of halogens is 1. The minimum atomic E-state index is -0.289. The molecule has 0 N–H and O–H groups in total. The lowest BCUT2D eigenvalue weighted by Crippen LogP contribution is -2.22. The maximum absolute atomic E-state index is 12.9. The van der Waals surface area contributed by atoms with Crippen LogP contribution in [0, 0.1) is 5.82 Å². The third kappa shape index (κ3) is 2.56. The molecule has 0 saturated heterocycles. The van der Waals surface area contributed by atoms with E-state index < -0.39 is 0 Å². The van der Waals surface area contributed by atoms with Gasteiger partial charge in [0.2, 0.25) is 5.65 Å². The molecule has 0 atom stereocenters. The molecule has 0 aliphatic carbocycles. The lowest BCUT2D eigenvalue weighted by atomic mass is 10.2. The van der Waals surface area contributed by atoms with Crippen LogP contribution < -0.4 is 5.56 Å². The van der Waals surface area contributed by atoms with Crippen molar-refractivity contribution in [2.24, 2.45) is 0 Å². The first kappa shape index (κ1) is 13.5. The van der Waals surface area contributed by atoms with Crippen LogP contribution in [0.25, 0.3) is 5.65 Å². The Balaban J connectivity index is 1.98. The van der Waals surface area contributed by atoms with Gasteiger partial charge >= 0.3 is 0 Å². The van der Waals surface area contributed by atoms with Crippen LogP contribution in [0.1, 0.15) is 24.7 Å². The number of hydrogen-bond donors (Lipinski definition) is 0. The number of benzene rings is 1. The Morgan fingerprint density at radius 1 is 1.14 bits per heavy atom. The van der Waals surface area contributed by atoms with E-state index in [2.05, 4.69) is 17.1 Å². The van der Waals surface area contributed by atoms with E-state index in [0.29, 0.717) is 12.2 Å². The van der Waals surface area contributed by atoms with E-state index in [1.54, 1.807) is 33.5 Å². The molecule has 2 aromatic heterocycles. The predicted octanol–water partition coefficient (Wildman–Crippen LogP) is 2.03. The Bertz CT molecular complexity index is 820. The summed E-state index contributed by atoms with van der Waals surface area (Å²) in [4.78, 5) is 12.4. The quantitative estimate of drug-likeness (QED) is 0.737. The molecule has 6 heteroatoms. The molecule has 3 aromatic rings. The van der Waals surface area contributed by atoms with Crippen LogP contribution in [0.2, 0.25) is 0 Å². The monoisotopic (exact) mass is 286 g/mol. The summed E-state index contributed by atoms with van der Waals surface area (Å²) in [6, 6.07) is 6.10. The normalized spacial score (nSPS) is 11.1. The zero-order valence-corrected chi connectivity index (χ0v) is 11.7. The Kier molecular flexibility index (Phi) is 3.51. The van der Waals surface area contributed by atoms with Gasteiger partial charge in [0.05, 0.1) is 6.54 Å². The molecule has 3 rings (SSSR count). The third-order valence-corrected chi connectivity index (χ3v) is 3.35. The fourth-order valence-corrected chi connectivity index (χ4v) is 2.27. The van der Waals surface area contributed by atoms with Gasteiger partial charge in [-0.25, -0.2) is 4.39 Å². The highest BCUT2D eigenvalue weighted by Crippen LogP contribution is 2.06. The minimum absolute atomic E-state index is 0.198. The summed E-state index contributed by atoms with van der Waals surface area (Å²) >= 11 is 0. The highest BCUT2D eigenvalue weighted by atomic mass is 19.1. The number of aromatic nitrogens is 4. The predicted molar refractivity (Wildman–Crippen MR) is 76.7 cm³/mol. The number of rotatable bonds is 4. The number of hydrogen-bond acceptors (Lipinski definition) is 3. The van der Waals surface area contributed by atoms with Gasteiger partial charge in [-0.1, -0.05) is 19.1 Å². The molecular formula is C15H15FN4O. The molecule has 0 spiro atoms. The molecule has 21 heavy (non-hydrogen) atoms. The number of fused-ring (bicyclic) bond motifs is 1. The summed E-state index contributed by atoms with van der Waals surface area (Å²) in [5.74, 6) is 0.502. The molecule has 0 amide bonds. The molecule has 0 aliphatic heterocycles. The topological polar surface area (TPSA) is 52.2 Å².